The van der Waals surface area contributed by atoms with Gasteiger partial charge in [-0.2, -0.15) is 13.2 Å². The maximum Gasteiger partial charge on any atom is 0.416 e. The van der Waals surface area contributed by atoms with E-state index in [1.54, 1.807) is 12.1 Å². The second-order valence-corrected chi connectivity index (χ2v) is 5.04. The third-order valence-electron chi connectivity index (χ3n) is 3.44. The van der Waals surface area contributed by atoms with E-state index in [2.05, 4.69) is 9.97 Å². The topological polar surface area (TPSA) is 51.8 Å². The van der Waals surface area contributed by atoms with E-state index in [0.29, 0.717) is 22.4 Å². The third-order valence-corrected chi connectivity index (χ3v) is 3.44. The Morgan fingerprint density at radius 1 is 1.05 bits per heavy atom. The summed E-state index contributed by atoms with van der Waals surface area (Å²) in [5.41, 5.74) is 7.86. The minimum absolute atomic E-state index is 0.353. The molecule has 1 aromatic heterocycles. The van der Waals surface area contributed by atoms with Gasteiger partial charge in [0.2, 0.25) is 0 Å². The number of hydrogen-bond acceptors (Lipinski definition) is 3. The highest BCUT2D eigenvalue weighted by Gasteiger charge is 2.30. The lowest BCUT2D eigenvalue weighted by molar-refractivity contribution is -0.137. The number of nitrogens with two attached hydrogens (primary N) is 1. The van der Waals surface area contributed by atoms with Crippen molar-refractivity contribution in [3.05, 3.63) is 53.7 Å². The van der Waals surface area contributed by atoms with Crippen molar-refractivity contribution in [2.24, 2.45) is 0 Å². The Bertz CT molecular complexity index is 857. The van der Waals surface area contributed by atoms with E-state index < -0.39 is 11.7 Å². The van der Waals surface area contributed by atoms with Crippen molar-refractivity contribution in [1.82, 2.24) is 9.97 Å². The van der Waals surface area contributed by atoms with Crippen molar-refractivity contribution in [1.29, 1.82) is 0 Å². The summed E-state index contributed by atoms with van der Waals surface area (Å²) in [7, 11) is 0. The Balaban J connectivity index is 2.08. The van der Waals surface area contributed by atoms with E-state index in [0.717, 1.165) is 23.3 Å². The van der Waals surface area contributed by atoms with Gasteiger partial charge in [-0.1, -0.05) is 0 Å². The molecule has 6 heteroatoms. The maximum absolute atomic E-state index is 12.7. The molecule has 1 heterocycles. The predicted octanol–water partition coefficient (Wildman–Crippen LogP) is 4.21. The second-order valence-electron chi connectivity index (χ2n) is 5.04. The molecular formula is C16H12F3N3. The van der Waals surface area contributed by atoms with Crippen LogP contribution in [0.3, 0.4) is 0 Å². The molecule has 0 spiro atoms. The Morgan fingerprint density at radius 3 is 2.50 bits per heavy atom. The summed E-state index contributed by atoms with van der Waals surface area (Å²) in [6.45, 7) is 1.87. The molecule has 2 aromatic carbocycles. The van der Waals surface area contributed by atoms with Crippen LogP contribution in [0.1, 0.15) is 11.1 Å². The molecule has 0 bridgehead atoms. The normalized spacial score (nSPS) is 11.8. The molecule has 3 nitrogen and oxygen atoms in total. The lowest BCUT2D eigenvalue weighted by atomic mass is 10.1. The molecule has 0 aliphatic rings. The number of nitrogen functional groups attached to an aromatic ring is 1. The summed E-state index contributed by atoms with van der Waals surface area (Å²) in [6, 6.07) is 8.81. The monoisotopic (exact) mass is 303 g/mol. The molecule has 0 aliphatic carbocycles. The van der Waals surface area contributed by atoms with Gasteiger partial charge in [-0.05, 0) is 48.9 Å². The highest BCUT2D eigenvalue weighted by Crippen LogP contribution is 2.31. The Kier molecular flexibility index (Phi) is 3.24. The lowest BCUT2D eigenvalue weighted by Crippen LogP contribution is -2.04. The van der Waals surface area contributed by atoms with Crippen molar-refractivity contribution in [3.63, 3.8) is 0 Å². The van der Waals surface area contributed by atoms with Crippen LogP contribution in [0.15, 0.2) is 42.6 Å². The quantitative estimate of drug-likeness (QED) is 0.685. The molecule has 0 fully saturated rings. The van der Waals surface area contributed by atoms with Gasteiger partial charge < -0.3 is 5.73 Å². The van der Waals surface area contributed by atoms with Crippen LogP contribution in [-0.4, -0.2) is 9.97 Å². The maximum atomic E-state index is 12.7. The number of fused-ring (bicyclic) bond motifs is 1. The van der Waals surface area contributed by atoms with Gasteiger partial charge in [0.25, 0.3) is 0 Å². The van der Waals surface area contributed by atoms with Gasteiger partial charge >= 0.3 is 6.18 Å². The average molecular weight is 303 g/mol. The Labute approximate surface area is 124 Å². The van der Waals surface area contributed by atoms with E-state index in [9.17, 15) is 13.2 Å². The number of halogens is 3. The van der Waals surface area contributed by atoms with Gasteiger partial charge in [0, 0.05) is 22.8 Å². The zero-order valence-corrected chi connectivity index (χ0v) is 11.6. The molecule has 3 rings (SSSR count). The van der Waals surface area contributed by atoms with Gasteiger partial charge in [-0.25, -0.2) is 9.97 Å². The van der Waals surface area contributed by atoms with Gasteiger partial charge in [-0.3, -0.25) is 0 Å². The minimum Gasteiger partial charge on any atom is -0.399 e. The second kappa shape index (κ2) is 4.98. The molecule has 0 amide bonds. The van der Waals surface area contributed by atoms with Crippen molar-refractivity contribution in [2.75, 3.05) is 5.73 Å². The number of benzene rings is 2. The molecule has 112 valence electrons. The summed E-state index contributed by atoms with van der Waals surface area (Å²) in [5, 5.41) is 0.353. The first-order valence-corrected chi connectivity index (χ1v) is 6.55. The third kappa shape index (κ3) is 2.59. The number of hydrogen-bond donors (Lipinski definition) is 1. The summed E-state index contributed by atoms with van der Waals surface area (Å²) >= 11 is 0. The van der Waals surface area contributed by atoms with E-state index in [1.165, 1.54) is 12.3 Å². The van der Waals surface area contributed by atoms with Crippen molar-refractivity contribution in [2.45, 2.75) is 13.1 Å². The minimum atomic E-state index is -4.37. The smallest absolute Gasteiger partial charge is 0.399 e. The molecular weight excluding hydrogens is 291 g/mol. The zero-order chi connectivity index (χ0) is 15.9. The highest BCUT2D eigenvalue weighted by atomic mass is 19.4. The van der Waals surface area contributed by atoms with Crippen LogP contribution < -0.4 is 5.73 Å². The molecule has 2 N–H and O–H groups in total. The van der Waals surface area contributed by atoms with E-state index in [-0.39, 0.29) is 0 Å². The molecule has 0 saturated heterocycles. The van der Waals surface area contributed by atoms with Gasteiger partial charge in [0.1, 0.15) is 0 Å². The zero-order valence-electron chi connectivity index (χ0n) is 11.6. The molecule has 0 aliphatic heterocycles. The summed E-state index contributed by atoms with van der Waals surface area (Å²) in [5.74, 6) is 0.454. The van der Waals surface area contributed by atoms with Gasteiger partial charge in [0.15, 0.2) is 5.82 Å². The molecule has 3 aromatic rings. The molecule has 0 radical (unpaired) electrons. The number of aryl methyl sites for hydroxylation is 1. The number of rotatable bonds is 1. The standard InChI is InChI=1S/C16H12F3N3/c1-9-6-10(2-4-13(9)20)15-21-8-11-7-12(16(17,18)19)3-5-14(11)22-15/h2-8H,20H2,1H3. The van der Waals surface area contributed by atoms with Gasteiger partial charge in [-0.15, -0.1) is 0 Å². The van der Waals surface area contributed by atoms with Crippen molar-refractivity contribution >= 4 is 16.6 Å². The van der Waals surface area contributed by atoms with Crippen LogP contribution in [0, 0.1) is 6.92 Å². The Hall–Kier alpha value is -2.63. The van der Waals surface area contributed by atoms with Crippen LogP contribution in [-0.2, 0) is 6.18 Å². The summed E-state index contributed by atoms with van der Waals surface area (Å²) in [4.78, 5) is 8.47. The van der Waals surface area contributed by atoms with Crippen LogP contribution in [0.5, 0.6) is 0 Å². The van der Waals surface area contributed by atoms with Crippen LogP contribution in [0.2, 0.25) is 0 Å². The van der Waals surface area contributed by atoms with Crippen LogP contribution in [0.4, 0.5) is 18.9 Å². The number of alkyl halides is 3. The van der Waals surface area contributed by atoms with Crippen LogP contribution in [0.25, 0.3) is 22.3 Å². The molecule has 0 unspecified atom stereocenters. The average Bonchev–Trinajstić information content (AvgIpc) is 2.48. The number of aromatic nitrogens is 2. The SMILES string of the molecule is Cc1cc(-c2ncc3cc(C(F)(F)F)ccc3n2)ccc1N. The van der Waals surface area contributed by atoms with E-state index >= 15 is 0 Å². The number of anilines is 1. The molecule has 0 atom stereocenters. The predicted molar refractivity (Wildman–Crippen MR) is 79.1 cm³/mol. The lowest BCUT2D eigenvalue weighted by Gasteiger charge is -2.08. The first-order chi connectivity index (χ1) is 10.3. The number of nitrogens with zero attached hydrogens (tertiary/aromatic N) is 2. The molecule has 0 saturated carbocycles. The molecule has 22 heavy (non-hydrogen) atoms. The first-order valence-electron chi connectivity index (χ1n) is 6.55. The fourth-order valence-electron chi connectivity index (χ4n) is 2.16. The van der Waals surface area contributed by atoms with E-state index in [1.807, 2.05) is 13.0 Å². The first kappa shape index (κ1) is 14.3. The largest absolute Gasteiger partial charge is 0.416 e. The highest BCUT2D eigenvalue weighted by molar-refractivity contribution is 5.80. The fourth-order valence-corrected chi connectivity index (χ4v) is 2.16. The van der Waals surface area contributed by atoms with Gasteiger partial charge in [0.05, 0.1) is 11.1 Å². The summed E-state index contributed by atoms with van der Waals surface area (Å²) < 4.78 is 38.1. The fraction of sp³-hybridized carbons (Fsp3) is 0.125. The van der Waals surface area contributed by atoms with Crippen molar-refractivity contribution in [3.8, 4) is 11.4 Å². The van der Waals surface area contributed by atoms with Crippen molar-refractivity contribution < 1.29 is 13.2 Å². The summed E-state index contributed by atoms with van der Waals surface area (Å²) in [6.07, 6.45) is -2.97. The Morgan fingerprint density at radius 2 is 1.82 bits per heavy atom. The van der Waals surface area contributed by atoms with E-state index in [4.69, 9.17) is 5.73 Å². The van der Waals surface area contributed by atoms with Crippen LogP contribution >= 0.6 is 0 Å².